The molecule has 5 nitrogen and oxygen atoms in total. The topological polar surface area (TPSA) is 55.8 Å². The molecule has 1 saturated heterocycles. The van der Waals surface area contributed by atoms with Crippen LogP contribution < -0.4 is 9.47 Å². The lowest BCUT2D eigenvalue weighted by molar-refractivity contribution is 0.162. The fourth-order valence-electron chi connectivity index (χ4n) is 3.70. The number of nitrogens with zero attached hydrogens (tertiary/aromatic N) is 1. The molecule has 0 unspecified atom stereocenters. The number of hydrogen-bond acceptors (Lipinski definition) is 4. The van der Waals surface area contributed by atoms with Crippen LogP contribution in [-0.4, -0.2) is 44.3 Å². The first-order valence-electron chi connectivity index (χ1n) is 7.83. The highest BCUT2D eigenvalue weighted by Crippen LogP contribution is 2.44. The van der Waals surface area contributed by atoms with Gasteiger partial charge in [-0.25, -0.2) is 8.42 Å². The van der Waals surface area contributed by atoms with Gasteiger partial charge in [0.25, 0.3) is 0 Å². The number of hydrogen-bond donors (Lipinski definition) is 0. The maximum atomic E-state index is 12.4. The van der Waals surface area contributed by atoms with Crippen molar-refractivity contribution in [3.63, 3.8) is 0 Å². The van der Waals surface area contributed by atoms with Gasteiger partial charge in [-0.05, 0) is 56.4 Å². The molecule has 1 aliphatic heterocycles. The van der Waals surface area contributed by atoms with E-state index >= 15 is 0 Å². The standard InChI is InChI=1S/C16H23NO4S/c1-3-22(18,19)17-13-5-4-12(10-13)16(17)11-21-15-8-6-14(20-2)7-9-15/h6-9,12-13,16H,3-5,10-11H2,1-2H3/t12-,13-,16-/m1/s1. The molecule has 1 aromatic carbocycles. The van der Waals surface area contributed by atoms with Gasteiger partial charge in [-0.15, -0.1) is 0 Å². The van der Waals surface area contributed by atoms with Crippen LogP contribution in [0.1, 0.15) is 26.2 Å². The summed E-state index contributed by atoms with van der Waals surface area (Å²) >= 11 is 0. The Balaban J connectivity index is 1.70. The molecular weight excluding hydrogens is 302 g/mol. The average Bonchev–Trinajstić information content (AvgIpc) is 3.14. The van der Waals surface area contributed by atoms with Crippen molar-refractivity contribution in [3.8, 4) is 11.5 Å². The zero-order valence-corrected chi connectivity index (χ0v) is 13.9. The zero-order chi connectivity index (χ0) is 15.7. The lowest BCUT2D eigenvalue weighted by Gasteiger charge is -2.33. The second-order valence-electron chi connectivity index (χ2n) is 6.01. The quantitative estimate of drug-likeness (QED) is 0.805. The summed E-state index contributed by atoms with van der Waals surface area (Å²) < 4.78 is 37.4. The first-order chi connectivity index (χ1) is 10.5. The van der Waals surface area contributed by atoms with Crippen LogP contribution in [0.4, 0.5) is 0 Å². The van der Waals surface area contributed by atoms with E-state index in [1.165, 1.54) is 0 Å². The predicted octanol–water partition coefficient (Wildman–Crippen LogP) is 2.28. The van der Waals surface area contributed by atoms with Gasteiger partial charge >= 0.3 is 0 Å². The average molecular weight is 325 g/mol. The molecule has 6 heteroatoms. The van der Waals surface area contributed by atoms with E-state index in [0.29, 0.717) is 12.5 Å². The fourth-order valence-corrected chi connectivity index (χ4v) is 5.29. The zero-order valence-electron chi connectivity index (χ0n) is 13.1. The van der Waals surface area contributed by atoms with Gasteiger partial charge in [-0.3, -0.25) is 0 Å². The van der Waals surface area contributed by atoms with Crippen molar-refractivity contribution in [1.82, 2.24) is 4.31 Å². The van der Waals surface area contributed by atoms with E-state index < -0.39 is 10.0 Å². The molecule has 0 aromatic heterocycles. The SMILES string of the molecule is CCS(=O)(=O)N1[C@@H]2CC[C@H](C2)[C@H]1COc1ccc(OC)cc1. The van der Waals surface area contributed by atoms with Crippen LogP contribution in [0.15, 0.2) is 24.3 Å². The van der Waals surface area contributed by atoms with Gasteiger partial charge in [-0.2, -0.15) is 4.31 Å². The molecule has 1 heterocycles. The summed E-state index contributed by atoms with van der Waals surface area (Å²) in [4.78, 5) is 0. The van der Waals surface area contributed by atoms with Gasteiger partial charge in [0.2, 0.25) is 10.0 Å². The second kappa shape index (κ2) is 6.08. The summed E-state index contributed by atoms with van der Waals surface area (Å²) in [6.07, 6.45) is 3.08. The van der Waals surface area contributed by atoms with E-state index in [-0.39, 0.29) is 17.8 Å². The van der Waals surface area contributed by atoms with Gasteiger partial charge in [0, 0.05) is 6.04 Å². The van der Waals surface area contributed by atoms with Crippen molar-refractivity contribution in [2.75, 3.05) is 19.5 Å². The normalized spacial score (nSPS) is 28.0. The summed E-state index contributed by atoms with van der Waals surface area (Å²) in [6.45, 7) is 2.13. The number of benzene rings is 1. The summed E-state index contributed by atoms with van der Waals surface area (Å²) in [7, 11) is -1.54. The summed E-state index contributed by atoms with van der Waals surface area (Å²) in [5, 5.41) is 0. The maximum absolute atomic E-state index is 12.4. The Hall–Kier alpha value is -1.27. The highest BCUT2D eigenvalue weighted by atomic mass is 32.2. The van der Waals surface area contributed by atoms with Gasteiger partial charge in [0.15, 0.2) is 0 Å². The summed E-state index contributed by atoms with van der Waals surface area (Å²) in [5.41, 5.74) is 0. The van der Waals surface area contributed by atoms with Crippen molar-refractivity contribution in [3.05, 3.63) is 24.3 Å². The van der Waals surface area contributed by atoms with E-state index in [4.69, 9.17) is 9.47 Å². The minimum Gasteiger partial charge on any atom is -0.497 e. The van der Waals surface area contributed by atoms with E-state index in [2.05, 4.69) is 0 Å². The number of ether oxygens (including phenoxy) is 2. The largest absolute Gasteiger partial charge is 0.497 e. The minimum atomic E-state index is -3.16. The Bertz CT molecular complexity index is 614. The summed E-state index contributed by atoms with van der Waals surface area (Å²) in [6, 6.07) is 7.55. The molecule has 122 valence electrons. The van der Waals surface area contributed by atoms with E-state index in [1.54, 1.807) is 18.3 Å². The van der Waals surface area contributed by atoms with Crippen molar-refractivity contribution < 1.29 is 17.9 Å². The molecule has 0 spiro atoms. The van der Waals surface area contributed by atoms with E-state index in [0.717, 1.165) is 30.8 Å². The van der Waals surface area contributed by atoms with E-state index in [1.807, 2.05) is 24.3 Å². The smallest absolute Gasteiger partial charge is 0.214 e. The third-order valence-corrected chi connectivity index (χ3v) is 6.78. The number of piperidine rings is 1. The van der Waals surface area contributed by atoms with Gasteiger partial charge in [0.05, 0.1) is 18.9 Å². The van der Waals surface area contributed by atoms with Crippen LogP contribution in [0.25, 0.3) is 0 Å². The Morgan fingerprint density at radius 3 is 2.50 bits per heavy atom. The Morgan fingerprint density at radius 1 is 1.18 bits per heavy atom. The van der Waals surface area contributed by atoms with Crippen LogP contribution in [0.5, 0.6) is 11.5 Å². The van der Waals surface area contributed by atoms with Crippen molar-refractivity contribution in [1.29, 1.82) is 0 Å². The Labute approximate surface area is 132 Å². The molecule has 3 rings (SSSR count). The Kier molecular flexibility index (Phi) is 4.32. The molecular formula is C16H23NO4S. The third kappa shape index (κ3) is 2.82. The number of methoxy groups -OCH3 is 1. The molecule has 0 N–H and O–H groups in total. The molecule has 3 atom stereocenters. The molecule has 1 aromatic rings. The van der Waals surface area contributed by atoms with Gasteiger partial charge in [-0.1, -0.05) is 0 Å². The second-order valence-corrected chi connectivity index (χ2v) is 8.17. The molecule has 2 bridgehead atoms. The first-order valence-corrected chi connectivity index (χ1v) is 9.44. The molecule has 1 saturated carbocycles. The number of rotatable bonds is 6. The third-order valence-electron chi connectivity index (χ3n) is 4.84. The fraction of sp³-hybridized carbons (Fsp3) is 0.625. The molecule has 2 fully saturated rings. The molecule has 2 aliphatic rings. The van der Waals surface area contributed by atoms with Gasteiger partial charge in [0.1, 0.15) is 18.1 Å². The maximum Gasteiger partial charge on any atom is 0.214 e. The van der Waals surface area contributed by atoms with Crippen LogP contribution in [0, 0.1) is 5.92 Å². The predicted molar refractivity (Wildman–Crippen MR) is 84.7 cm³/mol. The van der Waals surface area contributed by atoms with Crippen molar-refractivity contribution in [2.24, 2.45) is 5.92 Å². The van der Waals surface area contributed by atoms with Crippen LogP contribution in [0.2, 0.25) is 0 Å². The first kappa shape index (κ1) is 15.6. The monoisotopic (exact) mass is 325 g/mol. The van der Waals surface area contributed by atoms with Gasteiger partial charge < -0.3 is 9.47 Å². The Morgan fingerprint density at radius 2 is 1.86 bits per heavy atom. The molecule has 0 radical (unpaired) electrons. The van der Waals surface area contributed by atoms with Crippen molar-refractivity contribution >= 4 is 10.0 Å². The molecule has 0 amide bonds. The minimum absolute atomic E-state index is 0.0224. The van der Waals surface area contributed by atoms with E-state index in [9.17, 15) is 8.42 Å². The van der Waals surface area contributed by atoms with Crippen LogP contribution >= 0.6 is 0 Å². The highest BCUT2D eigenvalue weighted by Gasteiger charge is 2.50. The number of fused-ring (bicyclic) bond motifs is 2. The van der Waals surface area contributed by atoms with Crippen LogP contribution in [0.3, 0.4) is 0 Å². The molecule has 1 aliphatic carbocycles. The lowest BCUT2D eigenvalue weighted by Crippen LogP contribution is -2.48. The van der Waals surface area contributed by atoms with Crippen molar-refractivity contribution in [2.45, 2.75) is 38.3 Å². The van der Waals surface area contributed by atoms with Crippen LogP contribution in [-0.2, 0) is 10.0 Å². The molecule has 22 heavy (non-hydrogen) atoms. The lowest BCUT2D eigenvalue weighted by atomic mass is 10.0. The highest BCUT2D eigenvalue weighted by molar-refractivity contribution is 7.89. The number of sulfonamides is 1. The summed E-state index contributed by atoms with van der Waals surface area (Å²) in [5.74, 6) is 2.12.